The van der Waals surface area contributed by atoms with Gasteiger partial charge in [0.05, 0.1) is 12.8 Å². The SMILES string of the molecule is COc1cc(F)c(F)cc1-c1cc(C(=O)O)nn1C. The highest BCUT2D eigenvalue weighted by atomic mass is 19.2. The number of nitrogens with zero attached hydrogens (tertiary/aromatic N) is 2. The summed E-state index contributed by atoms with van der Waals surface area (Å²) in [5.74, 6) is -3.20. The molecule has 19 heavy (non-hydrogen) atoms. The first-order valence-electron chi connectivity index (χ1n) is 5.24. The number of carboxylic acid groups (broad SMARTS) is 1. The van der Waals surface area contributed by atoms with Gasteiger partial charge in [-0.2, -0.15) is 5.10 Å². The van der Waals surface area contributed by atoms with E-state index in [-0.39, 0.29) is 17.0 Å². The molecule has 2 aromatic rings. The molecule has 1 aromatic carbocycles. The molecule has 1 N–H and O–H groups in total. The van der Waals surface area contributed by atoms with Crippen LogP contribution in [0.5, 0.6) is 5.75 Å². The molecule has 0 aliphatic heterocycles. The van der Waals surface area contributed by atoms with E-state index in [4.69, 9.17) is 9.84 Å². The normalized spacial score (nSPS) is 10.5. The quantitative estimate of drug-likeness (QED) is 0.925. The molecule has 0 aliphatic carbocycles. The molecule has 0 amide bonds. The summed E-state index contributed by atoms with van der Waals surface area (Å²) in [6.45, 7) is 0. The minimum Gasteiger partial charge on any atom is -0.496 e. The second-order valence-electron chi connectivity index (χ2n) is 3.81. The minimum atomic E-state index is -1.21. The average molecular weight is 268 g/mol. The summed E-state index contributed by atoms with van der Waals surface area (Å²) in [4.78, 5) is 10.8. The Morgan fingerprint density at radius 3 is 2.47 bits per heavy atom. The Kier molecular flexibility index (Phi) is 3.20. The first-order valence-corrected chi connectivity index (χ1v) is 5.24. The van der Waals surface area contributed by atoms with Gasteiger partial charge in [-0.1, -0.05) is 0 Å². The van der Waals surface area contributed by atoms with Crippen molar-refractivity contribution in [2.24, 2.45) is 7.05 Å². The summed E-state index contributed by atoms with van der Waals surface area (Å²) in [7, 11) is 2.81. The van der Waals surface area contributed by atoms with E-state index in [1.165, 1.54) is 24.9 Å². The van der Waals surface area contributed by atoms with Gasteiger partial charge in [0.1, 0.15) is 5.75 Å². The molecule has 1 aromatic heterocycles. The van der Waals surface area contributed by atoms with Crippen molar-refractivity contribution in [3.05, 3.63) is 35.5 Å². The van der Waals surface area contributed by atoms with Gasteiger partial charge in [-0.25, -0.2) is 13.6 Å². The van der Waals surface area contributed by atoms with E-state index in [1.807, 2.05) is 0 Å². The lowest BCUT2D eigenvalue weighted by atomic mass is 10.1. The van der Waals surface area contributed by atoms with E-state index in [2.05, 4.69) is 5.10 Å². The average Bonchev–Trinajstić information content (AvgIpc) is 2.74. The van der Waals surface area contributed by atoms with E-state index >= 15 is 0 Å². The zero-order valence-corrected chi connectivity index (χ0v) is 10.1. The fraction of sp³-hybridized carbons (Fsp3) is 0.167. The first-order chi connectivity index (χ1) is 8.93. The Balaban J connectivity index is 2.64. The van der Waals surface area contributed by atoms with Crippen LogP contribution in [0.1, 0.15) is 10.5 Å². The Hall–Kier alpha value is -2.44. The zero-order valence-electron chi connectivity index (χ0n) is 10.1. The Morgan fingerprint density at radius 2 is 1.95 bits per heavy atom. The molecule has 100 valence electrons. The molecule has 2 rings (SSSR count). The highest BCUT2D eigenvalue weighted by molar-refractivity contribution is 5.87. The largest absolute Gasteiger partial charge is 0.496 e. The lowest BCUT2D eigenvalue weighted by Crippen LogP contribution is -2.00. The van der Waals surface area contributed by atoms with Crippen LogP contribution in [-0.2, 0) is 7.05 Å². The topological polar surface area (TPSA) is 64.3 Å². The van der Waals surface area contributed by atoms with E-state index in [0.29, 0.717) is 5.69 Å². The molecule has 0 saturated carbocycles. The smallest absolute Gasteiger partial charge is 0.356 e. The van der Waals surface area contributed by atoms with Crippen LogP contribution < -0.4 is 4.74 Å². The van der Waals surface area contributed by atoms with Gasteiger partial charge in [-0.15, -0.1) is 0 Å². The van der Waals surface area contributed by atoms with E-state index in [9.17, 15) is 13.6 Å². The van der Waals surface area contributed by atoms with Crippen LogP contribution in [0.3, 0.4) is 0 Å². The standard InChI is InChI=1S/C12H10F2N2O3/c1-16-10(5-9(15-16)12(17)18)6-3-7(13)8(14)4-11(6)19-2/h3-5H,1-2H3,(H,17,18). The second-order valence-corrected chi connectivity index (χ2v) is 3.81. The third-order valence-electron chi connectivity index (χ3n) is 2.62. The number of aromatic carboxylic acids is 1. The van der Waals surface area contributed by atoms with Crippen molar-refractivity contribution in [1.82, 2.24) is 9.78 Å². The lowest BCUT2D eigenvalue weighted by molar-refractivity contribution is 0.0689. The molecular formula is C12H10F2N2O3. The predicted octanol–water partition coefficient (Wildman–Crippen LogP) is 2.07. The zero-order chi connectivity index (χ0) is 14.2. The third-order valence-corrected chi connectivity index (χ3v) is 2.62. The van der Waals surface area contributed by atoms with Gasteiger partial charge >= 0.3 is 5.97 Å². The molecule has 0 spiro atoms. The van der Waals surface area contributed by atoms with Crippen molar-refractivity contribution in [2.45, 2.75) is 0 Å². The van der Waals surface area contributed by atoms with Crippen molar-refractivity contribution >= 4 is 5.97 Å². The van der Waals surface area contributed by atoms with Crippen LogP contribution in [0.4, 0.5) is 8.78 Å². The van der Waals surface area contributed by atoms with Crippen LogP contribution in [0.2, 0.25) is 0 Å². The second kappa shape index (κ2) is 4.68. The van der Waals surface area contributed by atoms with Gasteiger partial charge in [0.25, 0.3) is 0 Å². The fourth-order valence-electron chi connectivity index (χ4n) is 1.72. The van der Waals surface area contributed by atoms with Gasteiger partial charge in [0.2, 0.25) is 0 Å². The number of aromatic nitrogens is 2. The van der Waals surface area contributed by atoms with Gasteiger partial charge in [-0.05, 0) is 12.1 Å². The molecule has 0 radical (unpaired) electrons. The van der Waals surface area contributed by atoms with Crippen molar-refractivity contribution in [2.75, 3.05) is 7.11 Å². The summed E-state index contributed by atoms with van der Waals surface area (Å²) in [5.41, 5.74) is 0.348. The molecule has 0 aliphatic rings. The van der Waals surface area contributed by atoms with Crippen molar-refractivity contribution in [1.29, 1.82) is 0 Å². The molecule has 0 bridgehead atoms. The van der Waals surface area contributed by atoms with Crippen LogP contribution in [0.15, 0.2) is 18.2 Å². The molecule has 0 fully saturated rings. The maximum absolute atomic E-state index is 13.3. The number of hydrogen-bond donors (Lipinski definition) is 1. The number of rotatable bonds is 3. The maximum Gasteiger partial charge on any atom is 0.356 e. The lowest BCUT2D eigenvalue weighted by Gasteiger charge is -2.09. The molecule has 5 nitrogen and oxygen atoms in total. The van der Waals surface area contributed by atoms with Crippen LogP contribution in [-0.4, -0.2) is 28.0 Å². The monoisotopic (exact) mass is 268 g/mol. The van der Waals surface area contributed by atoms with Crippen molar-refractivity contribution < 1.29 is 23.4 Å². The number of aryl methyl sites for hydroxylation is 1. The number of ether oxygens (including phenoxy) is 1. The number of carboxylic acids is 1. The van der Waals surface area contributed by atoms with Crippen molar-refractivity contribution in [3.63, 3.8) is 0 Å². The number of hydrogen-bond acceptors (Lipinski definition) is 3. The maximum atomic E-state index is 13.3. The Labute approximate surface area is 107 Å². The number of benzene rings is 1. The summed E-state index contributed by atoms with van der Waals surface area (Å²) in [5, 5.41) is 12.6. The molecule has 0 atom stereocenters. The summed E-state index contributed by atoms with van der Waals surface area (Å²) < 4.78 is 32.7. The van der Waals surface area contributed by atoms with Crippen LogP contribution in [0.25, 0.3) is 11.3 Å². The first kappa shape index (κ1) is 13.0. The van der Waals surface area contributed by atoms with Crippen molar-refractivity contribution in [3.8, 4) is 17.0 Å². The fourth-order valence-corrected chi connectivity index (χ4v) is 1.72. The molecular weight excluding hydrogens is 258 g/mol. The van der Waals surface area contributed by atoms with Crippen LogP contribution in [0, 0.1) is 11.6 Å². The van der Waals surface area contributed by atoms with Gasteiger partial charge in [0, 0.05) is 18.7 Å². The highest BCUT2D eigenvalue weighted by Gasteiger charge is 2.18. The van der Waals surface area contributed by atoms with Crippen LogP contribution >= 0.6 is 0 Å². The molecule has 1 heterocycles. The molecule has 7 heteroatoms. The number of halogens is 2. The Morgan fingerprint density at radius 1 is 1.32 bits per heavy atom. The number of methoxy groups -OCH3 is 1. The van der Waals surface area contributed by atoms with E-state index in [1.54, 1.807) is 0 Å². The Bertz CT molecular complexity index is 653. The van der Waals surface area contributed by atoms with E-state index in [0.717, 1.165) is 12.1 Å². The molecule has 0 unspecified atom stereocenters. The van der Waals surface area contributed by atoms with Gasteiger partial charge in [-0.3, -0.25) is 4.68 Å². The predicted molar refractivity (Wildman–Crippen MR) is 62.1 cm³/mol. The summed E-state index contributed by atoms with van der Waals surface area (Å²) in [6.07, 6.45) is 0. The summed E-state index contributed by atoms with van der Waals surface area (Å²) in [6, 6.07) is 3.10. The number of carbonyl (C=O) groups is 1. The summed E-state index contributed by atoms with van der Waals surface area (Å²) >= 11 is 0. The third kappa shape index (κ3) is 2.26. The van der Waals surface area contributed by atoms with Gasteiger partial charge < -0.3 is 9.84 Å². The van der Waals surface area contributed by atoms with Gasteiger partial charge in [0.15, 0.2) is 17.3 Å². The molecule has 0 saturated heterocycles. The minimum absolute atomic E-state index is 0.0961. The van der Waals surface area contributed by atoms with E-state index < -0.39 is 17.6 Å². The highest BCUT2D eigenvalue weighted by Crippen LogP contribution is 2.32.